The van der Waals surface area contributed by atoms with E-state index in [-0.39, 0.29) is 33.3 Å². The van der Waals surface area contributed by atoms with Gasteiger partial charge in [-0.15, -0.1) is 0 Å². The highest BCUT2D eigenvalue weighted by Gasteiger charge is 2.51. The zero-order valence-corrected chi connectivity index (χ0v) is 20.4. The van der Waals surface area contributed by atoms with Gasteiger partial charge in [0.2, 0.25) is 0 Å². The van der Waals surface area contributed by atoms with Gasteiger partial charge >= 0.3 is 5.97 Å². The van der Waals surface area contributed by atoms with E-state index in [1.807, 2.05) is 26.0 Å². The van der Waals surface area contributed by atoms with Crippen LogP contribution in [0.15, 0.2) is 29.1 Å². The first-order valence-electron chi connectivity index (χ1n) is 11.8. The van der Waals surface area contributed by atoms with Gasteiger partial charge in [-0.1, -0.05) is 17.7 Å². The first-order valence-corrected chi connectivity index (χ1v) is 12.2. The number of hydrogen-bond acceptors (Lipinski definition) is 6. The summed E-state index contributed by atoms with van der Waals surface area (Å²) in [5, 5.41) is 23.0. The molecule has 0 saturated heterocycles. The van der Waals surface area contributed by atoms with E-state index in [1.165, 1.54) is 6.07 Å². The fraction of sp³-hybridized carbons (Fsp3) is 0.423. The molecule has 3 aliphatic rings. The SMILES string of the molecule is Cc1cc([C@@H](C)Nc2ccc(Cl)nc2C(=O)O)c2nc(C34CCC(C#N)(CC3)CC4)[nH]c(=O)c2c1. The Labute approximate surface area is 207 Å². The van der Waals surface area contributed by atoms with E-state index in [4.69, 9.17) is 16.6 Å². The lowest BCUT2D eigenvalue weighted by Gasteiger charge is -2.49. The summed E-state index contributed by atoms with van der Waals surface area (Å²) in [6.45, 7) is 3.82. The minimum atomic E-state index is -1.18. The lowest BCUT2D eigenvalue weighted by molar-refractivity contribution is 0.0691. The maximum atomic E-state index is 13.2. The fourth-order valence-corrected chi connectivity index (χ4v) is 5.88. The minimum Gasteiger partial charge on any atom is -0.476 e. The maximum absolute atomic E-state index is 13.2. The highest BCUT2D eigenvalue weighted by atomic mass is 35.5. The van der Waals surface area contributed by atoms with Crippen LogP contribution in [0.1, 0.15) is 78.9 Å². The molecular formula is C26H26ClN5O3. The van der Waals surface area contributed by atoms with E-state index < -0.39 is 5.97 Å². The molecule has 0 aliphatic heterocycles. The number of carboxylic acids is 1. The third-order valence-electron chi connectivity index (χ3n) is 7.87. The van der Waals surface area contributed by atoms with Crippen LogP contribution in [0.5, 0.6) is 0 Å². The second-order valence-corrected chi connectivity index (χ2v) is 10.4. The first-order chi connectivity index (χ1) is 16.7. The number of aromatic nitrogens is 3. The number of aryl methyl sites for hydroxylation is 1. The molecule has 1 atom stereocenters. The van der Waals surface area contributed by atoms with Gasteiger partial charge in [-0.3, -0.25) is 4.79 Å². The zero-order valence-electron chi connectivity index (χ0n) is 19.6. The Morgan fingerprint density at radius 3 is 2.51 bits per heavy atom. The van der Waals surface area contributed by atoms with Gasteiger partial charge in [0, 0.05) is 11.0 Å². The van der Waals surface area contributed by atoms with E-state index >= 15 is 0 Å². The molecule has 0 amide bonds. The van der Waals surface area contributed by atoms with Crippen molar-refractivity contribution in [3.05, 3.63) is 62.4 Å². The van der Waals surface area contributed by atoms with Crippen molar-refractivity contribution < 1.29 is 9.90 Å². The average Bonchev–Trinajstić information content (AvgIpc) is 2.86. The molecule has 9 heteroatoms. The number of aromatic amines is 1. The van der Waals surface area contributed by atoms with Crippen LogP contribution in [0.25, 0.3) is 10.9 Å². The molecule has 3 aliphatic carbocycles. The van der Waals surface area contributed by atoms with Crippen LogP contribution >= 0.6 is 11.6 Å². The number of halogens is 1. The van der Waals surface area contributed by atoms with Crippen LogP contribution in [0.4, 0.5) is 5.69 Å². The molecule has 35 heavy (non-hydrogen) atoms. The number of fused-ring (bicyclic) bond motifs is 4. The molecule has 2 bridgehead atoms. The number of benzene rings is 1. The predicted octanol–water partition coefficient (Wildman–Crippen LogP) is 5.27. The number of rotatable bonds is 5. The smallest absolute Gasteiger partial charge is 0.356 e. The van der Waals surface area contributed by atoms with Crippen molar-refractivity contribution >= 4 is 34.2 Å². The quantitative estimate of drug-likeness (QED) is 0.414. The molecular weight excluding hydrogens is 466 g/mol. The van der Waals surface area contributed by atoms with Gasteiger partial charge in [0.1, 0.15) is 11.0 Å². The Balaban J connectivity index is 1.58. The summed E-state index contributed by atoms with van der Waals surface area (Å²) in [4.78, 5) is 37.0. The molecule has 3 N–H and O–H groups in total. The van der Waals surface area contributed by atoms with E-state index in [9.17, 15) is 20.0 Å². The van der Waals surface area contributed by atoms with Crippen LogP contribution in [0, 0.1) is 23.7 Å². The van der Waals surface area contributed by atoms with Gasteiger partial charge in [0.25, 0.3) is 5.56 Å². The van der Waals surface area contributed by atoms with Gasteiger partial charge in [-0.05, 0) is 76.1 Å². The number of hydrogen-bond donors (Lipinski definition) is 3. The summed E-state index contributed by atoms with van der Waals surface area (Å²) < 4.78 is 0. The molecule has 180 valence electrons. The molecule has 0 radical (unpaired) electrons. The highest BCUT2D eigenvalue weighted by molar-refractivity contribution is 6.29. The zero-order chi connectivity index (χ0) is 25.0. The van der Waals surface area contributed by atoms with Crippen molar-refractivity contribution in [1.82, 2.24) is 15.0 Å². The summed E-state index contributed by atoms with van der Waals surface area (Å²) in [6.07, 6.45) is 4.98. The highest BCUT2D eigenvalue weighted by Crippen LogP contribution is 2.56. The molecule has 0 spiro atoms. The molecule has 2 heterocycles. The lowest BCUT2D eigenvalue weighted by Crippen LogP contribution is -2.45. The number of nitriles is 1. The first kappa shape index (κ1) is 23.3. The van der Waals surface area contributed by atoms with Gasteiger partial charge in [-0.25, -0.2) is 14.8 Å². The van der Waals surface area contributed by atoms with Gasteiger partial charge in [-0.2, -0.15) is 5.26 Å². The standard InChI is InChI=1S/C26H26ClN5O3/c1-14-11-16(15(2)29-18-3-4-19(27)30-21(18)23(34)35)20-17(12-14)22(33)32-24(31-20)26-8-5-25(13-28,6-9-26)7-10-26/h3-4,11-12,15,29H,5-10H2,1-2H3,(H,34,35)(H,31,32,33)/t15-,25?,26?/m1/s1. The summed E-state index contributed by atoms with van der Waals surface area (Å²) in [6, 6.07) is 9.09. The van der Waals surface area contributed by atoms with Crippen molar-refractivity contribution in [3.63, 3.8) is 0 Å². The molecule has 0 unspecified atom stereocenters. The average molecular weight is 492 g/mol. The molecule has 1 aromatic carbocycles. The Morgan fingerprint density at radius 2 is 1.89 bits per heavy atom. The third-order valence-corrected chi connectivity index (χ3v) is 8.08. The van der Waals surface area contributed by atoms with E-state index in [2.05, 4.69) is 21.4 Å². The third kappa shape index (κ3) is 3.94. The Morgan fingerprint density at radius 1 is 1.20 bits per heavy atom. The molecule has 3 fully saturated rings. The number of pyridine rings is 1. The van der Waals surface area contributed by atoms with E-state index in [0.29, 0.717) is 22.4 Å². The van der Waals surface area contributed by atoms with Crippen LogP contribution in [0.3, 0.4) is 0 Å². The summed E-state index contributed by atoms with van der Waals surface area (Å²) in [5.41, 5.74) is 1.84. The predicted molar refractivity (Wildman–Crippen MR) is 133 cm³/mol. The molecule has 6 rings (SSSR count). The van der Waals surface area contributed by atoms with Crippen LogP contribution < -0.4 is 10.9 Å². The Hall–Kier alpha value is -3.44. The maximum Gasteiger partial charge on any atom is 0.356 e. The van der Waals surface area contributed by atoms with Gasteiger partial charge < -0.3 is 15.4 Å². The van der Waals surface area contributed by atoms with E-state index in [1.54, 1.807) is 6.07 Å². The van der Waals surface area contributed by atoms with Crippen molar-refractivity contribution in [2.45, 2.75) is 63.8 Å². The van der Waals surface area contributed by atoms with Crippen molar-refractivity contribution in [2.75, 3.05) is 5.32 Å². The number of aromatic carboxylic acids is 1. The Bertz CT molecular complexity index is 1430. The summed E-state index contributed by atoms with van der Waals surface area (Å²) >= 11 is 5.90. The molecule has 3 aromatic rings. The van der Waals surface area contributed by atoms with Crippen molar-refractivity contribution in [2.24, 2.45) is 5.41 Å². The van der Waals surface area contributed by atoms with Crippen molar-refractivity contribution in [3.8, 4) is 6.07 Å². The number of carboxylic acid groups (broad SMARTS) is 1. The largest absolute Gasteiger partial charge is 0.476 e. The molecule has 3 saturated carbocycles. The van der Waals surface area contributed by atoms with E-state index in [0.717, 1.165) is 49.7 Å². The fourth-order valence-electron chi connectivity index (χ4n) is 5.73. The number of H-pyrrole nitrogens is 1. The van der Waals surface area contributed by atoms with Gasteiger partial charge in [0.05, 0.1) is 34.1 Å². The summed E-state index contributed by atoms with van der Waals surface area (Å²) in [5.74, 6) is -0.492. The second-order valence-electron chi connectivity index (χ2n) is 10.0. The van der Waals surface area contributed by atoms with Gasteiger partial charge in [0.15, 0.2) is 5.69 Å². The van der Waals surface area contributed by atoms with Crippen LogP contribution in [-0.2, 0) is 5.41 Å². The monoisotopic (exact) mass is 491 g/mol. The minimum absolute atomic E-state index is 0.0964. The van der Waals surface area contributed by atoms with Crippen LogP contribution in [0.2, 0.25) is 5.15 Å². The summed E-state index contributed by atoms with van der Waals surface area (Å²) in [7, 11) is 0. The second kappa shape index (κ2) is 8.35. The molecule has 2 aromatic heterocycles. The van der Waals surface area contributed by atoms with Crippen molar-refractivity contribution in [1.29, 1.82) is 5.26 Å². The number of nitrogens with zero attached hydrogens (tertiary/aromatic N) is 3. The number of nitrogens with one attached hydrogen (secondary N) is 2. The number of carbonyl (C=O) groups is 1. The number of anilines is 1. The lowest BCUT2D eigenvalue weighted by atomic mass is 9.54. The Kier molecular flexibility index (Phi) is 5.56. The van der Waals surface area contributed by atoms with Crippen LogP contribution in [-0.4, -0.2) is 26.0 Å². The topological polar surface area (TPSA) is 132 Å². The molecule has 8 nitrogen and oxygen atoms in total. The normalized spacial score (nSPS) is 24.2.